The lowest BCUT2D eigenvalue weighted by Crippen LogP contribution is -2.21. The third-order valence-electron chi connectivity index (χ3n) is 4.19. The number of carbonyl (C=O) groups excluding carboxylic acids is 2. The first-order valence-corrected chi connectivity index (χ1v) is 10.0. The van der Waals surface area contributed by atoms with Gasteiger partial charge in [-0.05, 0) is 56.3 Å². The standard InChI is InChI=1S/C22H23N3O3S/c1-5-28-18-11-9-15(10-12-18)21-23-14(2)19(29-21)20(26)24-17-8-6-7-16(13-17)22(27)25(3)4/h6-13H,5H2,1-4H3,(H,24,26). The SMILES string of the molecule is CCOc1ccc(-c2nc(C)c(C(=O)Nc3cccc(C(=O)N(C)C)c3)s2)cc1. The molecule has 3 rings (SSSR count). The minimum atomic E-state index is -0.244. The molecule has 0 bridgehead atoms. The van der Waals surface area contributed by atoms with Gasteiger partial charge in [-0.15, -0.1) is 11.3 Å². The molecule has 0 saturated heterocycles. The summed E-state index contributed by atoms with van der Waals surface area (Å²) in [6.45, 7) is 4.37. The number of aryl methyl sites for hydroxylation is 1. The van der Waals surface area contributed by atoms with E-state index in [0.29, 0.717) is 28.4 Å². The van der Waals surface area contributed by atoms with E-state index >= 15 is 0 Å². The first-order valence-electron chi connectivity index (χ1n) is 9.22. The Bertz CT molecular complexity index is 1030. The highest BCUT2D eigenvalue weighted by Crippen LogP contribution is 2.30. The van der Waals surface area contributed by atoms with E-state index in [2.05, 4.69) is 10.3 Å². The lowest BCUT2D eigenvalue weighted by atomic mass is 10.2. The van der Waals surface area contributed by atoms with Crippen molar-refractivity contribution in [3.05, 3.63) is 64.7 Å². The van der Waals surface area contributed by atoms with Crippen molar-refractivity contribution >= 4 is 28.8 Å². The van der Waals surface area contributed by atoms with Crippen LogP contribution in [0, 0.1) is 6.92 Å². The molecule has 0 unspecified atom stereocenters. The second-order valence-electron chi connectivity index (χ2n) is 6.63. The molecule has 1 aromatic heterocycles. The number of aromatic nitrogens is 1. The minimum Gasteiger partial charge on any atom is -0.494 e. The van der Waals surface area contributed by atoms with Gasteiger partial charge in [0.2, 0.25) is 0 Å². The molecule has 0 radical (unpaired) electrons. The Morgan fingerprint density at radius 2 is 1.86 bits per heavy atom. The van der Waals surface area contributed by atoms with Crippen LogP contribution in [0.15, 0.2) is 48.5 Å². The zero-order valence-corrected chi connectivity index (χ0v) is 17.7. The number of rotatable bonds is 6. The number of nitrogens with one attached hydrogen (secondary N) is 1. The van der Waals surface area contributed by atoms with Crippen molar-refractivity contribution < 1.29 is 14.3 Å². The van der Waals surface area contributed by atoms with Gasteiger partial charge in [-0.2, -0.15) is 0 Å². The normalized spacial score (nSPS) is 10.5. The average Bonchev–Trinajstić information content (AvgIpc) is 3.10. The monoisotopic (exact) mass is 409 g/mol. The summed E-state index contributed by atoms with van der Waals surface area (Å²) in [6, 6.07) is 14.5. The number of nitrogens with zero attached hydrogens (tertiary/aromatic N) is 2. The maximum absolute atomic E-state index is 12.8. The highest BCUT2D eigenvalue weighted by Gasteiger charge is 2.17. The maximum atomic E-state index is 12.8. The van der Waals surface area contributed by atoms with Gasteiger partial charge in [0.25, 0.3) is 11.8 Å². The number of ether oxygens (including phenoxy) is 1. The molecule has 0 aliphatic rings. The quantitative estimate of drug-likeness (QED) is 0.652. The van der Waals surface area contributed by atoms with Crippen molar-refractivity contribution in [1.82, 2.24) is 9.88 Å². The fourth-order valence-electron chi connectivity index (χ4n) is 2.77. The van der Waals surface area contributed by atoms with Crippen molar-refractivity contribution in [3.8, 4) is 16.3 Å². The van der Waals surface area contributed by atoms with Gasteiger partial charge in [0.05, 0.1) is 12.3 Å². The first kappa shape index (κ1) is 20.5. The van der Waals surface area contributed by atoms with Crippen LogP contribution in [0.4, 0.5) is 5.69 Å². The second kappa shape index (κ2) is 8.87. The van der Waals surface area contributed by atoms with Crippen LogP contribution in [-0.2, 0) is 0 Å². The van der Waals surface area contributed by atoms with Crippen molar-refractivity contribution in [2.45, 2.75) is 13.8 Å². The Labute approximate surface area is 174 Å². The van der Waals surface area contributed by atoms with Crippen molar-refractivity contribution in [2.24, 2.45) is 0 Å². The molecule has 0 aliphatic heterocycles. The zero-order chi connectivity index (χ0) is 21.0. The molecule has 3 aromatic rings. The lowest BCUT2D eigenvalue weighted by Gasteiger charge is -2.11. The number of anilines is 1. The van der Waals surface area contributed by atoms with Crippen LogP contribution in [0.25, 0.3) is 10.6 Å². The molecular formula is C22H23N3O3S. The summed E-state index contributed by atoms with van der Waals surface area (Å²) in [5.74, 6) is 0.439. The number of amides is 2. The van der Waals surface area contributed by atoms with Crippen LogP contribution in [0.3, 0.4) is 0 Å². The molecule has 0 spiro atoms. The summed E-state index contributed by atoms with van der Waals surface area (Å²) >= 11 is 1.34. The molecule has 0 saturated carbocycles. The Hall–Kier alpha value is -3.19. The fraction of sp³-hybridized carbons (Fsp3) is 0.227. The van der Waals surface area contributed by atoms with Gasteiger partial charge in [-0.1, -0.05) is 6.07 Å². The third kappa shape index (κ3) is 4.81. The van der Waals surface area contributed by atoms with Gasteiger partial charge in [-0.25, -0.2) is 4.98 Å². The summed E-state index contributed by atoms with van der Waals surface area (Å²) in [5.41, 5.74) is 2.68. The number of thiazole rings is 1. The lowest BCUT2D eigenvalue weighted by molar-refractivity contribution is 0.0827. The molecule has 150 valence electrons. The molecule has 7 heteroatoms. The van der Waals surface area contributed by atoms with Gasteiger partial charge in [-0.3, -0.25) is 9.59 Å². The summed E-state index contributed by atoms with van der Waals surface area (Å²) in [7, 11) is 3.38. The number of carbonyl (C=O) groups is 2. The first-order chi connectivity index (χ1) is 13.9. The smallest absolute Gasteiger partial charge is 0.267 e. The predicted octanol–water partition coefficient (Wildman–Crippen LogP) is 4.47. The highest BCUT2D eigenvalue weighted by molar-refractivity contribution is 7.17. The van der Waals surface area contributed by atoms with E-state index in [9.17, 15) is 9.59 Å². The molecule has 2 amide bonds. The van der Waals surface area contributed by atoms with Gasteiger partial charge in [0.1, 0.15) is 15.6 Å². The second-order valence-corrected chi connectivity index (χ2v) is 7.62. The summed E-state index contributed by atoms with van der Waals surface area (Å²) < 4.78 is 5.46. The number of hydrogen-bond donors (Lipinski definition) is 1. The molecule has 1 heterocycles. The highest BCUT2D eigenvalue weighted by atomic mass is 32.1. The van der Waals surface area contributed by atoms with Crippen LogP contribution in [-0.4, -0.2) is 42.4 Å². The van der Waals surface area contributed by atoms with E-state index in [1.807, 2.05) is 38.1 Å². The van der Waals surface area contributed by atoms with Gasteiger partial charge >= 0.3 is 0 Å². The molecule has 1 N–H and O–H groups in total. The largest absolute Gasteiger partial charge is 0.494 e. The topological polar surface area (TPSA) is 71.5 Å². The minimum absolute atomic E-state index is 0.118. The molecule has 2 aromatic carbocycles. The summed E-state index contributed by atoms with van der Waals surface area (Å²) in [6.07, 6.45) is 0. The van der Waals surface area contributed by atoms with E-state index in [4.69, 9.17) is 4.74 Å². The van der Waals surface area contributed by atoms with E-state index in [0.717, 1.165) is 16.3 Å². The number of hydrogen-bond acceptors (Lipinski definition) is 5. The summed E-state index contributed by atoms with van der Waals surface area (Å²) in [5, 5.41) is 3.64. The van der Waals surface area contributed by atoms with Crippen LogP contribution in [0.5, 0.6) is 5.75 Å². The number of benzene rings is 2. The van der Waals surface area contributed by atoms with Crippen LogP contribution in [0.1, 0.15) is 32.6 Å². The van der Waals surface area contributed by atoms with Crippen molar-refractivity contribution in [2.75, 3.05) is 26.0 Å². The van der Waals surface area contributed by atoms with Gasteiger partial charge < -0.3 is 15.0 Å². The molecule has 0 atom stereocenters. The Balaban J connectivity index is 1.78. The average molecular weight is 410 g/mol. The third-order valence-corrected chi connectivity index (χ3v) is 5.39. The molecule has 6 nitrogen and oxygen atoms in total. The van der Waals surface area contributed by atoms with Gasteiger partial charge in [0, 0.05) is 30.9 Å². The Morgan fingerprint density at radius 3 is 2.52 bits per heavy atom. The maximum Gasteiger partial charge on any atom is 0.267 e. The Kier molecular flexibility index (Phi) is 6.29. The van der Waals surface area contributed by atoms with E-state index < -0.39 is 0 Å². The zero-order valence-electron chi connectivity index (χ0n) is 16.9. The van der Waals surface area contributed by atoms with Gasteiger partial charge in [0.15, 0.2) is 0 Å². The van der Waals surface area contributed by atoms with Crippen LogP contribution in [0.2, 0.25) is 0 Å². The van der Waals surface area contributed by atoms with E-state index in [-0.39, 0.29) is 11.8 Å². The van der Waals surface area contributed by atoms with Crippen LogP contribution < -0.4 is 10.1 Å². The molecule has 29 heavy (non-hydrogen) atoms. The van der Waals surface area contributed by atoms with E-state index in [1.165, 1.54) is 16.2 Å². The Morgan fingerprint density at radius 1 is 1.14 bits per heavy atom. The van der Waals surface area contributed by atoms with E-state index in [1.54, 1.807) is 38.4 Å². The predicted molar refractivity (Wildman–Crippen MR) is 116 cm³/mol. The van der Waals surface area contributed by atoms with Crippen molar-refractivity contribution in [1.29, 1.82) is 0 Å². The fourth-order valence-corrected chi connectivity index (χ4v) is 3.73. The molecule has 0 aliphatic carbocycles. The van der Waals surface area contributed by atoms with Crippen molar-refractivity contribution in [3.63, 3.8) is 0 Å². The molecular weight excluding hydrogens is 386 g/mol. The van der Waals surface area contributed by atoms with Crippen LogP contribution >= 0.6 is 11.3 Å². The summed E-state index contributed by atoms with van der Waals surface area (Å²) in [4.78, 5) is 31.5. The molecule has 0 fully saturated rings.